The highest BCUT2D eigenvalue weighted by Gasteiger charge is 2.03. The van der Waals surface area contributed by atoms with Gasteiger partial charge in [0.2, 0.25) is 5.91 Å². The number of nitrogens with two attached hydrogens (primary N) is 1. The molecule has 0 bridgehead atoms. The first-order chi connectivity index (χ1) is 7.88. The van der Waals surface area contributed by atoms with Gasteiger partial charge in [-0.1, -0.05) is 12.1 Å². The fourth-order valence-corrected chi connectivity index (χ4v) is 1.84. The Morgan fingerprint density at radius 2 is 2.12 bits per heavy atom. The molecule has 3 N–H and O–H groups in total. The highest BCUT2D eigenvalue weighted by atomic mass is 32.2. The molecule has 6 heteroatoms. The van der Waals surface area contributed by atoms with Crippen molar-refractivity contribution in [2.75, 3.05) is 18.6 Å². The summed E-state index contributed by atoms with van der Waals surface area (Å²) in [6, 6.07) is 6.92. The molecule has 5 nitrogen and oxygen atoms in total. The first-order valence-electron chi connectivity index (χ1n) is 5.16. The van der Waals surface area contributed by atoms with Crippen molar-refractivity contribution in [2.24, 2.45) is 5.73 Å². The Morgan fingerprint density at radius 1 is 1.41 bits per heavy atom. The molecule has 0 atom stereocenters. The van der Waals surface area contributed by atoms with Crippen molar-refractivity contribution in [2.45, 2.75) is 6.54 Å². The lowest BCUT2D eigenvalue weighted by atomic mass is 10.1. The van der Waals surface area contributed by atoms with E-state index in [1.54, 1.807) is 18.2 Å². The SMILES string of the molecule is CS(=O)(=O)CCNCc1cccc(C(N)=O)c1. The van der Waals surface area contributed by atoms with Crippen LogP contribution in [0.1, 0.15) is 15.9 Å². The summed E-state index contributed by atoms with van der Waals surface area (Å²) in [4.78, 5) is 10.9. The van der Waals surface area contributed by atoms with E-state index in [-0.39, 0.29) is 5.75 Å². The molecule has 0 saturated heterocycles. The lowest BCUT2D eigenvalue weighted by molar-refractivity contribution is 0.1000. The molecule has 0 radical (unpaired) electrons. The quantitative estimate of drug-likeness (QED) is 0.697. The van der Waals surface area contributed by atoms with Crippen molar-refractivity contribution >= 4 is 15.7 Å². The van der Waals surface area contributed by atoms with Gasteiger partial charge in [-0.05, 0) is 17.7 Å². The predicted octanol–water partition coefficient (Wildman–Crippen LogP) is -0.0803. The van der Waals surface area contributed by atoms with Crippen LogP contribution in [0.2, 0.25) is 0 Å². The molecular formula is C11H16N2O3S. The van der Waals surface area contributed by atoms with Gasteiger partial charge in [0.25, 0.3) is 0 Å². The summed E-state index contributed by atoms with van der Waals surface area (Å²) in [6.07, 6.45) is 1.20. The van der Waals surface area contributed by atoms with Crippen LogP contribution in [0, 0.1) is 0 Å². The molecule has 0 spiro atoms. The minimum atomic E-state index is -2.94. The van der Waals surface area contributed by atoms with Gasteiger partial charge in [-0.25, -0.2) is 8.42 Å². The minimum absolute atomic E-state index is 0.0997. The van der Waals surface area contributed by atoms with Crippen molar-refractivity contribution in [3.05, 3.63) is 35.4 Å². The van der Waals surface area contributed by atoms with E-state index in [1.165, 1.54) is 6.26 Å². The van der Waals surface area contributed by atoms with Gasteiger partial charge in [0.05, 0.1) is 5.75 Å². The summed E-state index contributed by atoms with van der Waals surface area (Å²) in [5, 5.41) is 2.99. The van der Waals surface area contributed by atoms with Gasteiger partial charge in [0.1, 0.15) is 9.84 Å². The van der Waals surface area contributed by atoms with Crippen LogP contribution in [0.5, 0.6) is 0 Å². The molecule has 0 aliphatic rings. The van der Waals surface area contributed by atoms with E-state index in [1.807, 2.05) is 6.07 Å². The molecule has 0 aromatic heterocycles. The number of benzene rings is 1. The van der Waals surface area contributed by atoms with E-state index in [2.05, 4.69) is 5.32 Å². The molecule has 17 heavy (non-hydrogen) atoms. The molecule has 0 unspecified atom stereocenters. The first-order valence-corrected chi connectivity index (χ1v) is 7.22. The minimum Gasteiger partial charge on any atom is -0.366 e. The standard InChI is InChI=1S/C11H16N2O3S/c1-17(15,16)6-5-13-8-9-3-2-4-10(7-9)11(12)14/h2-4,7,13H,5-6,8H2,1H3,(H2,12,14). The van der Waals surface area contributed by atoms with E-state index >= 15 is 0 Å². The Balaban J connectivity index is 2.47. The summed E-state index contributed by atoms with van der Waals surface area (Å²) in [5.41, 5.74) is 6.51. The average Bonchev–Trinajstić information content (AvgIpc) is 2.23. The number of sulfone groups is 1. The highest BCUT2D eigenvalue weighted by molar-refractivity contribution is 7.90. The van der Waals surface area contributed by atoms with Crippen LogP contribution in [0.25, 0.3) is 0 Å². The number of primary amides is 1. The van der Waals surface area contributed by atoms with Crippen LogP contribution >= 0.6 is 0 Å². The third-order valence-electron chi connectivity index (χ3n) is 2.19. The van der Waals surface area contributed by atoms with E-state index in [4.69, 9.17) is 5.73 Å². The number of hydrogen-bond acceptors (Lipinski definition) is 4. The monoisotopic (exact) mass is 256 g/mol. The normalized spacial score (nSPS) is 11.4. The smallest absolute Gasteiger partial charge is 0.248 e. The molecule has 0 saturated carbocycles. The molecule has 1 aromatic carbocycles. The Bertz CT molecular complexity index is 497. The first kappa shape index (κ1) is 13.7. The maximum atomic E-state index is 10.9. The van der Waals surface area contributed by atoms with Crippen LogP contribution in [0.4, 0.5) is 0 Å². The molecule has 0 aliphatic heterocycles. The number of nitrogens with one attached hydrogen (secondary N) is 1. The van der Waals surface area contributed by atoms with Gasteiger partial charge in [-0.2, -0.15) is 0 Å². The molecule has 1 rings (SSSR count). The maximum Gasteiger partial charge on any atom is 0.248 e. The zero-order valence-electron chi connectivity index (χ0n) is 9.64. The number of rotatable bonds is 6. The second kappa shape index (κ2) is 5.79. The van der Waals surface area contributed by atoms with Crippen LogP contribution in [0.15, 0.2) is 24.3 Å². The Morgan fingerprint density at radius 3 is 2.71 bits per heavy atom. The number of carbonyl (C=O) groups excluding carboxylic acids is 1. The molecule has 0 aliphatic carbocycles. The number of amides is 1. The second-order valence-electron chi connectivity index (χ2n) is 3.87. The molecule has 1 aromatic rings. The van der Waals surface area contributed by atoms with Gasteiger partial charge in [0, 0.05) is 24.9 Å². The Kier molecular flexibility index (Phi) is 4.65. The molecular weight excluding hydrogens is 240 g/mol. The second-order valence-corrected chi connectivity index (χ2v) is 6.13. The lowest BCUT2D eigenvalue weighted by Gasteiger charge is -2.05. The van der Waals surface area contributed by atoms with Gasteiger partial charge >= 0.3 is 0 Å². The molecule has 0 heterocycles. The average molecular weight is 256 g/mol. The van der Waals surface area contributed by atoms with E-state index in [9.17, 15) is 13.2 Å². The molecule has 1 amide bonds. The third kappa shape index (κ3) is 5.46. The lowest BCUT2D eigenvalue weighted by Crippen LogP contribution is -2.22. The van der Waals surface area contributed by atoms with Crippen LogP contribution in [-0.4, -0.2) is 32.9 Å². The topological polar surface area (TPSA) is 89.3 Å². The highest BCUT2D eigenvalue weighted by Crippen LogP contribution is 2.04. The maximum absolute atomic E-state index is 10.9. The van der Waals surface area contributed by atoms with E-state index in [0.29, 0.717) is 18.7 Å². The summed E-state index contributed by atoms with van der Waals surface area (Å²) in [6.45, 7) is 0.899. The van der Waals surface area contributed by atoms with Gasteiger partial charge in [-0.15, -0.1) is 0 Å². The van der Waals surface area contributed by atoms with Crippen molar-refractivity contribution in [3.8, 4) is 0 Å². The van der Waals surface area contributed by atoms with Crippen LogP contribution in [-0.2, 0) is 16.4 Å². The molecule has 94 valence electrons. The van der Waals surface area contributed by atoms with Gasteiger partial charge < -0.3 is 11.1 Å². The number of carbonyl (C=O) groups is 1. The van der Waals surface area contributed by atoms with E-state index < -0.39 is 15.7 Å². The summed E-state index contributed by atoms with van der Waals surface area (Å²) in [7, 11) is -2.94. The molecule has 0 fully saturated rings. The zero-order valence-corrected chi connectivity index (χ0v) is 10.5. The van der Waals surface area contributed by atoms with Crippen molar-refractivity contribution in [1.82, 2.24) is 5.32 Å². The van der Waals surface area contributed by atoms with Gasteiger partial charge in [0.15, 0.2) is 0 Å². The largest absolute Gasteiger partial charge is 0.366 e. The van der Waals surface area contributed by atoms with Gasteiger partial charge in [-0.3, -0.25) is 4.79 Å². The zero-order chi connectivity index (χ0) is 12.9. The predicted molar refractivity (Wildman–Crippen MR) is 66.4 cm³/mol. The third-order valence-corrected chi connectivity index (χ3v) is 3.14. The van der Waals surface area contributed by atoms with Crippen molar-refractivity contribution in [1.29, 1.82) is 0 Å². The Hall–Kier alpha value is -1.40. The van der Waals surface area contributed by atoms with E-state index in [0.717, 1.165) is 5.56 Å². The van der Waals surface area contributed by atoms with Crippen LogP contribution in [0.3, 0.4) is 0 Å². The Labute approximate surface area is 101 Å². The van der Waals surface area contributed by atoms with Crippen molar-refractivity contribution in [3.63, 3.8) is 0 Å². The summed E-state index contributed by atoms with van der Waals surface area (Å²) < 4.78 is 21.8. The summed E-state index contributed by atoms with van der Waals surface area (Å²) in [5.74, 6) is -0.370. The fraction of sp³-hybridized carbons (Fsp3) is 0.364. The fourth-order valence-electron chi connectivity index (χ4n) is 1.32. The number of hydrogen-bond donors (Lipinski definition) is 2. The van der Waals surface area contributed by atoms with Crippen LogP contribution < -0.4 is 11.1 Å². The van der Waals surface area contributed by atoms with Crippen molar-refractivity contribution < 1.29 is 13.2 Å². The summed E-state index contributed by atoms with van der Waals surface area (Å²) >= 11 is 0.